The van der Waals surface area contributed by atoms with Crippen molar-refractivity contribution in [2.24, 2.45) is 5.73 Å². The van der Waals surface area contributed by atoms with E-state index in [1.807, 2.05) is 55.6 Å². The van der Waals surface area contributed by atoms with Crippen LogP contribution in [0.2, 0.25) is 0 Å². The Morgan fingerprint density at radius 3 is 2.68 bits per heavy atom. The van der Waals surface area contributed by atoms with Gasteiger partial charge in [0, 0.05) is 11.6 Å². The second-order valence-corrected chi connectivity index (χ2v) is 8.05. The molecule has 0 saturated heterocycles. The highest BCUT2D eigenvalue weighted by atomic mass is 19.1. The normalized spacial score (nSPS) is 19.1. The maximum absolute atomic E-state index is 13.5. The van der Waals surface area contributed by atoms with Crippen molar-refractivity contribution in [2.45, 2.75) is 38.0 Å². The lowest BCUT2D eigenvalue weighted by Crippen LogP contribution is -2.43. The summed E-state index contributed by atoms with van der Waals surface area (Å²) in [5.74, 6) is 1.28. The number of imidazole rings is 1. The zero-order valence-corrected chi connectivity index (χ0v) is 17.2. The smallest absolute Gasteiger partial charge is 0.154 e. The van der Waals surface area contributed by atoms with Crippen molar-refractivity contribution < 1.29 is 9.13 Å². The Morgan fingerprint density at radius 1 is 1.13 bits per heavy atom. The van der Waals surface area contributed by atoms with Crippen LogP contribution in [0.25, 0.3) is 16.9 Å². The van der Waals surface area contributed by atoms with E-state index in [4.69, 9.17) is 15.6 Å². The van der Waals surface area contributed by atoms with Gasteiger partial charge in [0.25, 0.3) is 0 Å². The minimum Gasteiger partial charge on any atom is -0.490 e. The average molecular weight is 417 g/mol. The molecule has 158 valence electrons. The van der Waals surface area contributed by atoms with Gasteiger partial charge in [-0.1, -0.05) is 12.1 Å². The lowest BCUT2D eigenvalue weighted by atomic mass is 9.90. The number of hydrogen-bond acceptors (Lipinski definition) is 5. The third kappa shape index (κ3) is 4.09. The molecule has 0 aliphatic heterocycles. The highest BCUT2D eigenvalue weighted by molar-refractivity contribution is 5.64. The summed E-state index contributed by atoms with van der Waals surface area (Å²) < 4.78 is 21.3. The molecule has 7 heteroatoms. The zero-order valence-electron chi connectivity index (χ0n) is 17.2. The Balaban J connectivity index is 1.36. The quantitative estimate of drug-likeness (QED) is 0.480. The molecule has 31 heavy (non-hydrogen) atoms. The van der Waals surface area contributed by atoms with Crippen molar-refractivity contribution in [3.05, 3.63) is 78.2 Å². The summed E-state index contributed by atoms with van der Waals surface area (Å²) in [5, 5.41) is 8.04. The highest BCUT2D eigenvalue weighted by Gasteiger charge is 2.27. The van der Waals surface area contributed by atoms with Gasteiger partial charge in [-0.25, -0.2) is 13.9 Å². The van der Waals surface area contributed by atoms with E-state index in [2.05, 4.69) is 10.3 Å². The Bertz CT molecular complexity index is 1200. The number of nitrogens with two attached hydrogens (primary N) is 1. The molecule has 2 aromatic heterocycles. The number of nitrogens with one attached hydrogen (secondary N) is 1. The number of halogens is 1. The van der Waals surface area contributed by atoms with Crippen LogP contribution in [-0.4, -0.2) is 26.7 Å². The fraction of sp³-hybridized carbons (Fsp3) is 0.250. The molecule has 2 aromatic carbocycles. The van der Waals surface area contributed by atoms with Crippen molar-refractivity contribution in [2.75, 3.05) is 5.32 Å². The van der Waals surface area contributed by atoms with E-state index in [0.717, 1.165) is 41.1 Å². The molecular weight excluding hydrogens is 393 g/mol. The Kier molecular flexibility index (Phi) is 5.03. The molecule has 6 nitrogen and oxygen atoms in total. The molecule has 1 atom stereocenters. The van der Waals surface area contributed by atoms with Gasteiger partial charge in [-0.15, -0.1) is 5.10 Å². The minimum absolute atomic E-state index is 0.0938. The molecule has 0 unspecified atom stereocenters. The fourth-order valence-electron chi connectivity index (χ4n) is 3.83. The number of benzene rings is 2. The largest absolute Gasteiger partial charge is 0.490 e. The van der Waals surface area contributed by atoms with Crippen molar-refractivity contribution in [3.63, 3.8) is 0 Å². The van der Waals surface area contributed by atoms with Crippen LogP contribution >= 0.6 is 0 Å². The number of anilines is 1. The summed E-state index contributed by atoms with van der Waals surface area (Å²) in [6, 6.07) is 18.5. The van der Waals surface area contributed by atoms with Crippen LogP contribution in [0, 0.1) is 5.82 Å². The van der Waals surface area contributed by atoms with Crippen LogP contribution in [0.1, 0.15) is 31.4 Å². The number of rotatable bonds is 6. The number of hydrogen-bond donors (Lipinski definition) is 2. The van der Waals surface area contributed by atoms with E-state index in [1.54, 1.807) is 10.6 Å². The third-order valence-electron chi connectivity index (χ3n) is 5.66. The first-order valence-corrected chi connectivity index (χ1v) is 10.4. The van der Waals surface area contributed by atoms with Crippen LogP contribution in [-0.2, 0) is 0 Å². The lowest BCUT2D eigenvalue weighted by molar-refractivity contribution is 0.101. The van der Waals surface area contributed by atoms with Crippen molar-refractivity contribution in [3.8, 4) is 17.0 Å². The van der Waals surface area contributed by atoms with E-state index in [1.165, 1.54) is 12.1 Å². The summed E-state index contributed by atoms with van der Waals surface area (Å²) in [7, 11) is 0. The van der Waals surface area contributed by atoms with Crippen LogP contribution < -0.4 is 15.8 Å². The third-order valence-corrected chi connectivity index (χ3v) is 5.66. The monoisotopic (exact) mass is 417 g/mol. The van der Waals surface area contributed by atoms with Gasteiger partial charge in [0.2, 0.25) is 0 Å². The molecule has 2 heterocycles. The van der Waals surface area contributed by atoms with Crippen molar-refractivity contribution >= 4 is 11.5 Å². The standard InChI is InChI=1S/C24H24FN5O/c1-15(17-3-2-4-18(25)11-17)28-23-9-10-24-27-14-22(30(24)29-23)16-5-7-20(8-6-16)31-21-12-19(26)13-21/h2-11,14-15,19,21H,12-13,26H2,1H3,(H,28,29)/t15-,19-,21-/m1/s1. The molecule has 0 bridgehead atoms. The molecule has 3 N–H and O–H groups in total. The predicted molar refractivity (Wildman–Crippen MR) is 118 cm³/mol. The Labute approximate surface area is 179 Å². The van der Waals surface area contributed by atoms with Gasteiger partial charge in [0.15, 0.2) is 5.65 Å². The molecule has 0 amide bonds. The second kappa shape index (κ2) is 8.00. The number of fused-ring (bicyclic) bond motifs is 1. The summed E-state index contributed by atoms with van der Waals surface area (Å²) in [6.45, 7) is 1.98. The molecule has 5 rings (SSSR count). The zero-order chi connectivity index (χ0) is 21.4. The molecule has 1 saturated carbocycles. The number of nitrogens with zero attached hydrogens (tertiary/aromatic N) is 3. The fourth-order valence-corrected chi connectivity index (χ4v) is 3.83. The molecule has 0 radical (unpaired) electrons. The van der Waals surface area contributed by atoms with Gasteiger partial charge in [0.05, 0.1) is 17.9 Å². The summed E-state index contributed by atoms with van der Waals surface area (Å²) >= 11 is 0. The van der Waals surface area contributed by atoms with Gasteiger partial charge in [-0.05, 0) is 73.9 Å². The van der Waals surface area contributed by atoms with E-state index < -0.39 is 0 Å². The first-order valence-electron chi connectivity index (χ1n) is 10.4. The summed E-state index contributed by atoms with van der Waals surface area (Å²) in [5.41, 5.74) is 9.31. The van der Waals surface area contributed by atoms with Gasteiger partial charge in [-0.3, -0.25) is 0 Å². The maximum Gasteiger partial charge on any atom is 0.154 e. The molecule has 0 spiro atoms. The Morgan fingerprint density at radius 2 is 1.94 bits per heavy atom. The van der Waals surface area contributed by atoms with Gasteiger partial charge < -0.3 is 15.8 Å². The molecule has 1 fully saturated rings. The summed E-state index contributed by atoms with van der Waals surface area (Å²) in [6.07, 6.45) is 3.83. The molecular formula is C24H24FN5O. The van der Waals surface area contributed by atoms with E-state index in [-0.39, 0.29) is 24.0 Å². The van der Waals surface area contributed by atoms with Crippen LogP contribution in [0.3, 0.4) is 0 Å². The Hall–Kier alpha value is -3.45. The van der Waals surface area contributed by atoms with Gasteiger partial charge in [-0.2, -0.15) is 0 Å². The highest BCUT2D eigenvalue weighted by Crippen LogP contribution is 2.28. The minimum atomic E-state index is -0.251. The molecule has 1 aliphatic carbocycles. The number of ether oxygens (including phenoxy) is 1. The van der Waals surface area contributed by atoms with Crippen LogP contribution in [0.5, 0.6) is 5.75 Å². The summed E-state index contributed by atoms with van der Waals surface area (Å²) in [4.78, 5) is 4.46. The van der Waals surface area contributed by atoms with Crippen LogP contribution in [0.4, 0.5) is 10.2 Å². The van der Waals surface area contributed by atoms with E-state index >= 15 is 0 Å². The van der Waals surface area contributed by atoms with E-state index in [9.17, 15) is 4.39 Å². The lowest BCUT2D eigenvalue weighted by Gasteiger charge is -2.32. The maximum atomic E-state index is 13.5. The second-order valence-electron chi connectivity index (χ2n) is 8.05. The number of aromatic nitrogens is 3. The first kappa shape index (κ1) is 19.5. The van der Waals surface area contributed by atoms with Crippen molar-refractivity contribution in [1.82, 2.24) is 14.6 Å². The molecule has 4 aromatic rings. The van der Waals surface area contributed by atoms with Crippen molar-refractivity contribution in [1.29, 1.82) is 0 Å². The SMILES string of the molecule is C[C@@H](Nc1ccc2ncc(-c3ccc(O[C@H]4C[C@H](N)C4)cc3)n2n1)c1cccc(F)c1. The predicted octanol–water partition coefficient (Wildman–Crippen LogP) is 4.58. The van der Waals surface area contributed by atoms with E-state index in [0.29, 0.717) is 5.82 Å². The average Bonchev–Trinajstić information content (AvgIpc) is 3.16. The van der Waals surface area contributed by atoms with Crippen LogP contribution in [0.15, 0.2) is 66.9 Å². The topological polar surface area (TPSA) is 77.5 Å². The molecule has 1 aliphatic rings. The van der Waals surface area contributed by atoms with Gasteiger partial charge >= 0.3 is 0 Å². The first-order chi connectivity index (χ1) is 15.0. The van der Waals surface area contributed by atoms with Gasteiger partial charge in [0.1, 0.15) is 23.5 Å².